The molecule has 0 radical (unpaired) electrons. The Kier molecular flexibility index (Phi) is 14.4. The molecule has 0 rings (SSSR count). The molecule has 0 unspecified atom stereocenters. The van der Waals surface area contributed by atoms with Crippen molar-refractivity contribution in [3.05, 3.63) is 0 Å². The lowest BCUT2D eigenvalue weighted by atomic mass is 10.2. The largest absolute Gasteiger partial charge is 0.465 e. The summed E-state index contributed by atoms with van der Waals surface area (Å²) >= 11 is 0. The predicted octanol–water partition coefficient (Wildman–Crippen LogP) is 4.40. The van der Waals surface area contributed by atoms with Crippen LogP contribution >= 0.6 is 0 Å². The molecule has 3 heteroatoms. The van der Waals surface area contributed by atoms with Gasteiger partial charge in [0.15, 0.2) is 0 Å². The summed E-state index contributed by atoms with van der Waals surface area (Å²) in [6.45, 7) is 9.68. The molecular formula is C17H35NO2. The summed E-state index contributed by atoms with van der Waals surface area (Å²) in [5, 5.41) is 0. The fourth-order valence-electron chi connectivity index (χ4n) is 2.15. The lowest BCUT2D eigenvalue weighted by molar-refractivity contribution is -0.145. The molecule has 0 saturated carbocycles. The van der Waals surface area contributed by atoms with Gasteiger partial charge in [0.05, 0.1) is 13.2 Å². The van der Waals surface area contributed by atoms with Crippen LogP contribution in [0.15, 0.2) is 0 Å². The molecule has 0 aliphatic heterocycles. The van der Waals surface area contributed by atoms with Gasteiger partial charge in [-0.25, -0.2) is 0 Å². The first-order valence-corrected chi connectivity index (χ1v) is 8.62. The average Bonchev–Trinajstić information content (AvgIpc) is 2.45. The van der Waals surface area contributed by atoms with Crippen LogP contribution in [-0.2, 0) is 9.53 Å². The molecular weight excluding hydrogens is 250 g/mol. The maximum Gasteiger partial charge on any atom is 0.320 e. The van der Waals surface area contributed by atoms with Crippen molar-refractivity contribution in [1.29, 1.82) is 0 Å². The lowest BCUT2D eigenvalue weighted by Crippen LogP contribution is -2.33. The molecule has 0 amide bonds. The number of esters is 1. The number of unbranched alkanes of at least 4 members (excludes halogenated alkanes) is 6. The molecule has 0 fully saturated rings. The second-order valence-corrected chi connectivity index (χ2v) is 5.62. The number of carbonyl (C=O) groups is 1. The molecule has 0 aliphatic carbocycles. The number of hydrogen-bond acceptors (Lipinski definition) is 3. The summed E-state index contributed by atoms with van der Waals surface area (Å²) in [6, 6.07) is 0. The summed E-state index contributed by atoms with van der Waals surface area (Å²) in [6.07, 6.45) is 10.7. The predicted molar refractivity (Wildman–Crippen MR) is 86.0 cm³/mol. The van der Waals surface area contributed by atoms with E-state index in [1.54, 1.807) is 0 Å². The van der Waals surface area contributed by atoms with E-state index in [4.69, 9.17) is 4.74 Å². The van der Waals surface area contributed by atoms with E-state index < -0.39 is 0 Å². The minimum atomic E-state index is -0.0484. The molecule has 0 heterocycles. The van der Waals surface area contributed by atoms with E-state index >= 15 is 0 Å². The van der Waals surface area contributed by atoms with E-state index in [1.807, 2.05) is 0 Å². The minimum absolute atomic E-state index is 0.0484. The van der Waals surface area contributed by atoms with Crippen molar-refractivity contribution in [1.82, 2.24) is 4.90 Å². The summed E-state index contributed by atoms with van der Waals surface area (Å²) in [7, 11) is 0. The first kappa shape index (κ1) is 19.4. The second kappa shape index (κ2) is 14.8. The summed E-state index contributed by atoms with van der Waals surface area (Å²) < 4.78 is 5.33. The van der Waals surface area contributed by atoms with Crippen molar-refractivity contribution in [2.75, 3.05) is 26.2 Å². The van der Waals surface area contributed by atoms with Crippen LogP contribution in [0.5, 0.6) is 0 Å². The van der Waals surface area contributed by atoms with Crippen molar-refractivity contribution in [3.8, 4) is 0 Å². The van der Waals surface area contributed by atoms with Crippen molar-refractivity contribution in [2.24, 2.45) is 0 Å². The highest BCUT2D eigenvalue weighted by Gasteiger charge is 2.10. The lowest BCUT2D eigenvalue weighted by Gasteiger charge is -2.20. The Morgan fingerprint density at radius 3 is 1.90 bits per heavy atom. The Bertz CT molecular complexity index is 211. The normalized spacial score (nSPS) is 11.0. The summed E-state index contributed by atoms with van der Waals surface area (Å²) in [5.74, 6) is -0.0484. The van der Waals surface area contributed by atoms with E-state index in [-0.39, 0.29) is 5.97 Å². The highest BCUT2D eigenvalue weighted by Crippen LogP contribution is 2.03. The van der Waals surface area contributed by atoms with Crippen molar-refractivity contribution in [2.45, 2.75) is 78.6 Å². The van der Waals surface area contributed by atoms with Gasteiger partial charge in [0, 0.05) is 0 Å². The van der Waals surface area contributed by atoms with Crippen LogP contribution in [0.4, 0.5) is 0 Å². The van der Waals surface area contributed by atoms with Gasteiger partial charge in [0.1, 0.15) is 0 Å². The molecule has 0 N–H and O–H groups in total. The SMILES string of the molecule is CCCCCCCOC(=O)CN(CCCC)CCCC. The van der Waals surface area contributed by atoms with Crippen LogP contribution in [0.25, 0.3) is 0 Å². The quantitative estimate of drug-likeness (QED) is 0.350. The minimum Gasteiger partial charge on any atom is -0.465 e. The first-order chi connectivity index (χ1) is 9.74. The van der Waals surface area contributed by atoms with E-state index in [1.165, 1.54) is 38.5 Å². The van der Waals surface area contributed by atoms with Crippen LogP contribution in [0.1, 0.15) is 78.6 Å². The third kappa shape index (κ3) is 12.5. The van der Waals surface area contributed by atoms with E-state index in [2.05, 4.69) is 25.7 Å². The van der Waals surface area contributed by atoms with Gasteiger partial charge in [-0.1, -0.05) is 59.3 Å². The van der Waals surface area contributed by atoms with Crippen LogP contribution < -0.4 is 0 Å². The Morgan fingerprint density at radius 2 is 1.35 bits per heavy atom. The Hall–Kier alpha value is -0.570. The van der Waals surface area contributed by atoms with Gasteiger partial charge in [-0.3, -0.25) is 9.69 Å². The van der Waals surface area contributed by atoms with Crippen LogP contribution in [0.2, 0.25) is 0 Å². The van der Waals surface area contributed by atoms with Gasteiger partial charge in [0.25, 0.3) is 0 Å². The Balaban J connectivity index is 3.70. The maximum atomic E-state index is 11.8. The highest BCUT2D eigenvalue weighted by molar-refractivity contribution is 5.71. The number of rotatable bonds is 14. The van der Waals surface area contributed by atoms with Crippen molar-refractivity contribution < 1.29 is 9.53 Å². The number of hydrogen-bond donors (Lipinski definition) is 0. The molecule has 0 atom stereocenters. The topological polar surface area (TPSA) is 29.5 Å². The van der Waals surface area contributed by atoms with Crippen molar-refractivity contribution in [3.63, 3.8) is 0 Å². The fourth-order valence-corrected chi connectivity index (χ4v) is 2.15. The van der Waals surface area contributed by atoms with Gasteiger partial charge in [-0.2, -0.15) is 0 Å². The molecule has 0 aromatic rings. The second-order valence-electron chi connectivity index (χ2n) is 5.62. The van der Waals surface area contributed by atoms with Crippen LogP contribution in [-0.4, -0.2) is 37.1 Å². The van der Waals surface area contributed by atoms with Crippen LogP contribution in [0.3, 0.4) is 0 Å². The molecule has 0 bridgehead atoms. The van der Waals surface area contributed by atoms with E-state index in [9.17, 15) is 4.79 Å². The molecule has 0 aromatic carbocycles. The first-order valence-electron chi connectivity index (χ1n) is 8.62. The van der Waals surface area contributed by atoms with Crippen molar-refractivity contribution >= 4 is 5.97 Å². The maximum absolute atomic E-state index is 11.8. The Labute approximate surface area is 126 Å². The van der Waals surface area contributed by atoms with Gasteiger partial charge in [0.2, 0.25) is 0 Å². The van der Waals surface area contributed by atoms with E-state index in [0.29, 0.717) is 13.2 Å². The van der Waals surface area contributed by atoms with Gasteiger partial charge < -0.3 is 4.74 Å². The number of ether oxygens (including phenoxy) is 1. The van der Waals surface area contributed by atoms with E-state index in [0.717, 1.165) is 32.4 Å². The summed E-state index contributed by atoms with van der Waals surface area (Å²) in [4.78, 5) is 14.0. The molecule has 20 heavy (non-hydrogen) atoms. The summed E-state index contributed by atoms with van der Waals surface area (Å²) in [5.41, 5.74) is 0. The molecule has 0 aliphatic rings. The van der Waals surface area contributed by atoms with Crippen LogP contribution in [0, 0.1) is 0 Å². The molecule has 120 valence electrons. The molecule has 0 aromatic heterocycles. The third-order valence-electron chi connectivity index (χ3n) is 3.52. The highest BCUT2D eigenvalue weighted by atomic mass is 16.5. The van der Waals surface area contributed by atoms with Gasteiger partial charge in [-0.05, 0) is 32.4 Å². The third-order valence-corrected chi connectivity index (χ3v) is 3.52. The van der Waals surface area contributed by atoms with Gasteiger partial charge in [-0.15, -0.1) is 0 Å². The molecule has 0 spiro atoms. The number of nitrogens with zero attached hydrogens (tertiary/aromatic N) is 1. The molecule has 3 nitrogen and oxygen atoms in total. The molecule has 0 saturated heterocycles. The Morgan fingerprint density at radius 1 is 0.800 bits per heavy atom. The monoisotopic (exact) mass is 285 g/mol. The zero-order chi connectivity index (χ0) is 15.1. The standard InChI is InChI=1S/C17H35NO2/c1-4-7-10-11-12-15-20-17(19)16-18(13-8-5-2)14-9-6-3/h4-16H2,1-3H3. The number of carbonyl (C=O) groups excluding carboxylic acids is 1. The van der Waals surface area contributed by atoms with Gasteiger partial charge >= 0.3 is 5.97 Å². The zero-order valence-corrected chi connectivity index (χ0v) is 14.0. The fraction of sp³-hybridized carbons (Fsp3) is 0.941. The smallest absolute Gasteiger partial charge is 0.320 e. The zero-order valence-electron chi connectivity index (χ0n) is 14.0. The average molecular weight is 285 g/mol.